The van der Waals surface area contributed by atoms with Gasteiger partial charge in [0.25, 0.3) is 0 Å². The second-order valence-corrected chi connectivity index (χ2v) is 5.29. The number of methoxy groups -OCH3 is 2. The number of nitrogens with zero attached hydrogens (tertiary/aromatic N) is 1. The van der Waals surface area contributed by atoms with Crippen LogP contribution in [0.4, 0.5) is 0 Å². The number of benzene rings is 2. The van der Waals surface area contributed by atoms with E-state index in [4.69, 9.17) is 9.47 Å². The normalized spacial score (nSPS) is 10.7. The molecule has 0 unspecified atom stereocenters. The van der Waals surface area contributed by atoms with Crippen molar-refractivity contribution in [3.63, 3.8) is 0 Å². The van der Waals surface area contributed by atoms with Crippen LogP contribution in [0.1, 0.15) is 5.56 Å². The fourth-order valence-corrected chi connectivity index (χ4v) is 2.37. The average Bonchev–Trinajstić information content (AvgIpc) is 2.52. The topological polar surface area (TPSA) is 21.7 Å². The molecule has 0 saturated heterocycles. The highest BCUT2D eigenvalue weighted by Crippen LogP contribution is 2.38. The Kier molecular flexibility index (Phi) is 5.23. The first-order valence-corrected chi connectivity index (χ1v) is 7.10. The van der Waals surface area contributed by atoms with Crippen molar-refractivity contribution in [1.29, 1.82) is 0 Å². The lowest BCUT2D eigenvalue weighted by atomic mass is 10.00. The molecule has 3 heteroatoms. The van der Waals surface area contributed by atoms with Crippen molar-refractivity contribution >= 4 is 0 Å². The molecular weight excluding hydrogens is 261 g/mol. The second-order valence-electron chi connectivity index (χ2n) is 5.29. The zero-order chi connectivity index (χ0) is 15.2. The minimum atomic E-state index is 0.833. The molecule has 0 atom stereocenters. The number of ether oxygens (including phenoxy) is 2. The lowest BCUT2D eigenvalue weighted by molar-refractivity contribution is 0.397. The van der Waals surface area contributed by atoms with Crippen LogP contribution in [0.3, 0.4) is 0 Å². The first-order chi connectivity index (χ1) is 10.2. The van der Waals surface area contributed by atoms with E-state index in [1.54, 1.807) is 14.2 Å². The third-order valence-electron chi connectivity index (χ3n) is 3.49. The van der Waals surface area contributed by atoms with Gasteiger partial charge in [-0.15, -0.1) is 0 Å². The lowest BCUT2D eigenvalue weighted by Gasteiger charge is -2.14. The predicted molar refractivity (Wildman–Crippen MR) is 87.2 cm³/mol. The van der Waals surface area contributed by atoms with Crippen LogP contribution in [0, 0.1) is 0 Å². The molecule has 21 heavy (non-hydrogen) atoms. The number of likely N-dealkylation sites (N-methyl/N-ethyl adjacent to an activating group) is 1. The van der Waals surface area contributed by atoms with Crippen molar-refractivity contribution in [2.75, 3.05) is 34.9 Å². The molecule has 112 valence electrons. The SMILES string of the molecule is COc1cccc(OC)c1-c1cccc(CCN(C)[11CH3])c1. The molecule has 0 aliphatic rings. The van der Waals surface area contributed by atoms with Crippen LogP contribution in [0.5, 0.6) is 11.5 Å². The monoisotopic (exact) mass is 284 g/mol. The van der Waals surface area contributed by atoms with E-state index in [0.29, 0.717) is 0 Å². The van der Waals surface area contributed by atoms with Gasteiger partial charge >= 0.3 is 0 Å². The van der Waals surface area contributed by atoms with Crippen molar-refractivity contribution in [1.82, 2.24) is 4.90 Å². The maximum atomic E-state index is 5.49. The molecule has 2 rings (SSSR count). The van der Waals surface area contributed by atoms with Gasteiger partial charge in [-0.1, -0.05) is 30.3 Å². The molecule has 0 N–H and O–H groups in total. The minimum absolute atomic E-state index is 0.833. The molecule has 2 aromatic carbocycles. The quantitative estimate of drug-likeness (QED) is 0.810. The van der Waals surface area contributed by atoms with Crippen LogP contribution < -0.4 is 9.47 Å². The van der Waals surface area contributed by atoms with Crippen molar-refractivity contribution in [2.45, 2.75) is 6.42 Å². The van der Waals surface area contributed by atoms with E-state index in [1.807, 2.05) is 18.2 Å². The fraction of sp³-hybridized carbons (Fsp3) is 0.333. The van der Waals surface area contributed by atoms with Gasteiger partial charge in [-0.2, -0.15) is 0 Å². The first-order valence-electron chi connectivity index (χ1n) is 7.10. The molecule has 0 fully saturated rings. The number of hydrogen-bond donors (Lipinski definition) is 0. The molecule has 3 nitrogen and oxygen atoms in total. The molecule has 0 aliphatic carbocycles. The van der Waals surface area contributed by atoms with Gasteiger partial charge in [-0.3, -0.25) is 0 Å². The summed E-state index contributed by atoms with van der Waals surface area (Å²) in [5.41, 5.74) is 3.45. The Morgan fingerprint density at radius 3 is 2.10 bits per heavy atom. The van der Waals surface area contributed by atoms with Crippen molar-refractivity contribution in [3.05, 3.63) is 48.0 Å². The van der Waals surface area contributed by atoms with E-state index < -0.39 is 0 Å². The summed E-state index contributed by atoms with van der Waals surface area (Å²) in [6, 6.07) is 14.4. The van der Waals surface area contributed by atoms with E-state index in [1.165, 1.54) is 5.56 Å². The van der Waals surface area contributed by atoms with Gasteiger partial charge in [-0.05, 0) is 43.8 Å². The predicted octanol–water partition coefficient (Wildman–Crippen LogP) is 3.47. The van der Waals surface area contributed by atoms with Crippen LogP contribution >= 0.6 is 0 Å². The van der Waals surface area contributed by atoms with Gasteiger partial charge in [0.15, 0.2) is 0 Å². The summed E-state index contributed by atoms with van der Waals surface area (Å²) >= 11 is 0. The van der Waals surface area contributed by atoms with Crippen LogP contribution in [0.2, 0.25) is 0 Å². The average molecular weight is 284 g/mol. The Hall–Kier alpha value is -2.00. The van der Waals surface area contributed by atoms with Crippen molar-refractivity contribution in [3.8, 4) is 22.6 Å². The summed E-state index contributed by atoms with van der Waals surface area (Å²) in [7, 11) is 7.56. The van der Waals surface area contributed by atoms with Gasteiger partial charge in [0, 0.05) is 6.54 Å². The molecule has 0 heterocycles. The highest BCUT2D eigenvalue weighted by atomic mass is 16.5. The van der Waals surface area contributed by atoms with E-state index in [-0.39, 0.29) is 0 Å². The molecule has 0 aromatic heterocycles. The first kappa shape index (κ1) is 15.4. The molecule has 0 aliphatic heterocycles. The highest BCUT2D eigenvalue weighted by Gasteiger charge is 2.12. The van der Waals surface area contributed by atoms with Gasteiger partial charge in [0.1, 0.15) is 11.5 Å². The van der Waals surface area contributed by atoms with E-state index >= 15 is 0 Å². The standard InChI is InChI=1S/C18H23NO2/c1-19(2)12-11-14-7-5-8-15(13-14)18-16(20-3)9-6-10-17(18)21-4/h5-10,13H,11-12H2,1-4H3/i1-1. The van der Waals surface area contributed by atoms with Crippen molar-refractivity contribution < 1.29 is 9.47 Å². The zero-order valence-corrected chi connectivity index (χ0v) is 13.2. The Labute approximate surface area is 127 Å². The summed E-state index contributed by atoms with van der Waals surface area (Å²) in [5.74, 6) is 1.67. The second kappa shape index (κ2) is 7.14. The molecular formula is C18H23NO2. The van der Waals surface area contributed by atoms with Crippen molar-refractivity contribution in [2.24, 2.45) is 0 Å². The van der Waals surface area contributed by atoms with Crippen LogP contribution in [-0.2, 0) is 6.42 Å². The maximum Gasteiger partial charge on any atom is 0.130 e. The lowest BCUT2D eigenvalue weighted by Crippen LogP contribution is -2.15. The number of hydrogen-bond acceptors (Lipinski definition) is 3. The molecule has 0 amide bonds. The van der Waals surface area contributed by atoms with Gasteiger partial charge in [-0.25, -0.2) is 0 Å². The van der Waals surface area contributed by atoms with E-state index in [0.717, 1.165) is 35.6 Å². The van der Waals surface area contributed by atoms with Gasteiger partial charge in [0.05, 0.1) is 19.8 Å². The zero-order valence-electron chi connectivity index (χ0n) is 13.2. The largest absolute Gasteiger partial charge is 0.496 e. The summed E-state index contributed by atoms with van der Waals surface area (Å²) < 4.78 is 11.0. The maximum absolute atomic E-state index is 5.49. The summed E-state index contributed by atoms with van der Waals surface area (Å²) in [4.78, 5) is 2.19. The highest BCUT2D eigenvalue weighted by molar-refractivity contribution is 5.77. The Morgan fingerprint density at radius 1 is 0.905 bits per heavy atom. The minimum Gasteiger partial charge on any atom is -0.496 e. The van der Waals surface area contributed by atoms with Crippen LogP contribution in [-0.4, -0.2) is 39.8 Å². The van der Waals surface area contributed by atoms with E-state index in [2.05, 4.69) is 43.3 Å². The fourth-order valence-electron chi connectivity index (χ4n) is 2.37. The summed E-state index contributed by atoms with van der Waals surface area (Å²) in [6.45, 7) is 1.03. The Bertz CT molecular complexity index is 571. The third-order valence-corrected chi connectivity index (χ3v) is 3.49. The van der Waals surface area contributed by atoms with Gasteiger partial charge in [0.2, 0.25) is 0 Å². The Morgan fingerprint density at radius 2 is 1.52 bits per heavy atom. The van der Waals surface area contributed by atoms with Gasteiger partial charge < -0.3 is 14.4 Å². The van der Waals surface area contributed by atoms with Crippen LogP contribution in [0.15, 0.2) is 42.5 Å². The summed E-state index contributed by atoms with van der Waals surface area (Å²) in [5, 5.41) is 0. The number of rotatable bonds is 6. The smallest absolute Gasteiger partial charge is 0.130 e. The molecule has 0 radical (unpaired) electrons. The molecule has 0 spiro atoms. The molecule has 0 bridgehead atoms. The Balaban J connectivity index is 2.40. The third kappa shape index (κ3) is 3.76. The van der Waals surface area contributed by atoms with E-state index in [9.17, 15) is 0 Å². The van der Waals surface area contributed by atoms with Crippen LogP contribution in [0.25, 0.3) is 11.1 Å². The molecule has 2 aromatic rings. The molecule has 0 saturated carbocycles. The summed E-state index contributed by atoms with van der Waals surface area (Å²) in [6.07, 6.45) is 1.03.